The Labute approximate surface area is 175 Å². The third-order valence-corrected chi connectivity index (χ3v) is 3.73. The average molecular weight is 399 g/mol. The Morgan fingerprint density at radius 1 is 1.24 bits per heavy atom. The molecule has 0 radical (unpaired) electrons. The fraction of sp³-hybridized carbons (Fsp3) is 0.375. The van der Waals surface area contributed by atoms with Crippen LogP contribution in [0.4, 0.5) is 11.4 Å². The quantitative estimate of drug-likeness (QED) is 0.224. The van der Waals surface area contributed by atoms with Crippen LogP contribution in [0.15, 0.2) is 71.5 Å². The molecule has 0 aromatic heterocycles. The predicted octanol–water partition coefficient (Wildman–Crippen LogP) is 6.48. The minimum absolute atomic E-state index is 0.182. The fourth-order valence-corrected chi connectivity index (χ4v) is 2.35. The van der Waals surface area contributed by atoms with E-state index in [9.17, 15) is 14.8 Å². The number of hydrogen-bond acceptors (Lipinski definition) is 5. The van der Waals surface area contributed by atoms with E-state index in [4.69, 9.17) is 0 Å². The van der Waals surface area contributed by atoms with Crippen molar-refractivity contribution in [3.05, 3.63) is 76.8 Å². The highest BCUT2D eigenvalue weighted by Gasteiger charge is 2.17. The molecule has 0 saturated heterocycles. The van der Waals surface area contributed by atoms with Crippen molar-refractivity contribution in [3.8, 4) is 0 Å². The first-order valence-corrected chi connectivity index (χ1v) is 9.81. The molecule has 0 amide bonds. The van der Waals surface area contributed by atoms with Crippen molar-refractivity contribution in [3.63, 3.8) is 0 Å². The SMILES string of the molecule is C=C(C)\C=C/C(/C=C\CN(c1ccc(N=O)cc1C(C)=O)C(C)O)=C\C.CCC. The highest BCUT2D eigenvalue weighted by Crippen LogP contribution is 2.27. The molecular weight excluding hydrogens is 364 g/mol. The highest BCUT2D eigenvalue weighted by molar-refractivity contribution is 6.00. The maximum Gasteiger partial charge on any atom is 0.161 e. The molecule has 1 aromatic carbocycles. The minimum atomic E-state index is -0.812. The molecule has 1 rings (SSSR count). The molecule has 0 heterocycles. The van der Waals surface area contributed by atoms with Gasteiger partial charge in [0.15, 0.2) is 5.78 Å². The summed E-state index contributed by atoms with van der Waals surface area (Å²) in [6.45, 7) is 15.4. The van der Waals surface area contributed by atoms with Gasteiger partial charge in [-0.1, -0.05) is 62.8 Å². The van der Waals surface area contributed by atoms with Crippen molar-refractivity contribution < 1.29 is 9.90 Å². The van der Waals surface area contributed by atoms with Crippen LogP contribution in [0.1, 0.15) is 58.3 Å². The van der Waals surface area contributed by atoms with Crippen molar-refractivity contribution in [1.29, 1.82) is 0 Å². The van der Waals surface area contributed by atoms with Gasteiger partial charge in [-0.2, -0.15) is 0 Å². The molecule has 1 atom stereocenters. The van der Waals surface area contributed by atoms with Gasteiger partial charge in [-0.05, 0) is 56.6 Å². The molecule has 0 saturated carbocycles. The number of benzene rings is 1. The standard InChI is InChI=1S/C21H26N2O3.C3H8/c1-6-18(10-9-15(2)3)8-7-13-23(17(5)25)21-12-11-19(22-26)14-20(21)16(4)24;1-3-2/h6-12,14,17,25H,2,13H2,1,3-5H3;3H2,1-2H3/b8-7-,10-9-,18-6-;. The molecule has 5 heteroatoms. The summed E-state index contributed by atoms with van der Waals surface area (Å²) < 4.78 is 0. The van der Waals surface area contributed by atoms with Crippen LogP contribution < -0.4 is 4.90 Å². The lowest BCUT2D eigenvalue weighted by atomic mass is 10.1. The molecule has 1 aromatic rings. The van der Waals surface area contributed by atoms with Crippen molar-refractivity contribution in [2.24, 2.45) is 5.18 Å². The zero-order valence-corrected chi connectivity index (χ0v) is 18.5. The summed E-state index contributed by atoms with van der Waals surface area (Å²) in [6, 6.07) is 4.60. The topological polar surface area (TPSA) is 70.0 Å². The Bertz CT molecular complexity index is 774. The molecule has 5 nitrogen and oxygen atoms in total. The van der Waals surface area contributed by atoms with Gasteiger partial charge in [0.1, 0.15) is 11.9 Å². The number of Topliss-reactive ketones (excluding diaryl/α,β-unsaturated/α-hetero) is 1. The van der Waals surface area contributed by atoms with Crippen molar-refractivity contribution in [1.82, 2.24) is 0 Å². The van der Waals surface area contributed by atoms with Crippen LogP contribution in [0, 0.1) is 4.91 Å². The van der Waals surface area contributed by atoms with Crippen LogP contribution in [0.25, 0.3) is 0 Å². The van der Waals surface area contributed by atoms with E-state index >= 15 is 0 Å². The number of aliphatic hydroxyl groups excluding tert-OH is 1. The summed E-state index contributed by atoms with van der Waals surface area (Å²) in [4.78, 5) is 24.4. The summed E-state index contributed by atoms with van der Waals surface area (Å²) in [5.74, 6) is -0.196. The molecule has 0 aliphatic rings. The second-order valence-corrected chi connectivity index (χ2v) is 6.71. The predicted molar refractivity (Wildman–Crippen MR) is 124 cm³/mol. The number of anilines is 1. The van der Waals surface area contributed by atoms with E-state index in [1.54, 1.807) is 17.9 Å². The van der Waals surface area contributed by atoms with Gasteiger partial charge in [-0.25, -0.2) is 0 Å². The van der Waals surface area contributed by atoms with Gasteiger partial charge in [0, 0.05) is 17.8 Å². The zero-order chi connectivity index (χ0) is 22.4. The third-order valence-electron chi connectivity index (χ3n) is 3.73. The first-order chi connectivity index (χ1) is 13.7. The van der Waals surface area contributed by atoms with Crippen LogP contribution in [-0.2, 0) is 0 Å². The molecule has 0 fully saturated rings. The fourth-order valence-electron chi connectivity index (χ4n) is 2.35. The number of carbonyl (C=O) groups is 1. The van der Waals surface area contributed by atoms with Crippen molar-refractivity contribution in [2.45, 2.75) is 54.2 Å². The third kappa shape index (κ3) is 9.81. The monoisotopic (exact) mass is 398 g/mol. The molecule has 29 heavy (non-hydrogen) atoms. The van der Waals surface area contributed by atoms with E-state index in [1.807, 2.05) is 44.2 Å². The van der Waals surface area contributed by atoms with Crippen LogP contribution in [0.5, 0.6) is 0 Å². The lowest BCUT2D eigenvalue weighted by Crippen LogP contribution is -2.34. The van der Waals surface area contributed by atoms with E-state index in [1.165, 1.54) is 25.5 Å². The summed E-state index contributed by atoms with van der Waals surface area (Å²) >= 11 is 0. The minimum Gasteiger partial charge on any atom is -0.374 e. The van der Waals surface area contributed by atoms with E-state index in [-0.39, 0.29) is 11.5 Å². The number of ketones is 1. The smallest absolute Gasteiger partial charge is 0.161 e. The largest absolute Gasteiger partial charge is 0.374 e. The highest BCUT2D eigenvalue weighted by atomic mass is 16.3. The van der Waals surface area contributed by atoms with Crippen LogP contribution in [-0.4, -0.2) is 23.7 Å². The Morgan fingerprint density at radius 2 is 1.86 bits per heavy atom. The maximum atomic E-state index is 11.9. The summed E-state index contributed by atoms with van der Waals surface area (Å²) in [5.41, 5.74) is 3.05. The van der Waals surface area contributed by atoms with Gasteiger partial charge in [-0.15, -0.1) is 4.91 Å². The number of rotatable bonds is 9. The summed E-state index contributed by atoms with van der Waals surface area (Å²) in [7, 11) is 0. The van der Waals surface area contributed by atoms with Gasteiger partial charge in [0.25, 0.3) is 0 Å². The first-order valence-electron chi connectivity index (χ1n) is 9.81. The van der Waals surface area contributed by atoms with Crippen LogP contribution >= 0.6 is 0 Å². The molecule has 0 bridgehead atoms. The normalized spacial score (nSPS) is 12.4. The van der Waals surface area contributed by atoms with E-state index in [0.717, 1.165) is 11.1 Å². The van der Waals surface area contributed by atoms with Crippen LogP contribution in [0.3, 0.4) is 0 Å². The number of nitrogens with zero attached hydrogens (tertiary/aromatic N) is 2. The van der Waals surface area contributed by atoms with Crippen LogP contribution in [0.2, 0.25) is 0 Å². The summed E-state index contributed by atoms with van der Waals surface area (Å²) in [5, 5.41) is 13.0. The molecular formula is C24H34N2O3. The second kappa shape index (κ2) is 14.2. The Balaban J connectivity index is 0.00000245. The average Bonchev–Trinajstić information content (AvgIpc) is 2.67. The maximum absolute atomic E-state index is 11.9. The number of allylic oxidation sites excluding steroid dienone is 6. The molecule has 158 valence electrons. The van der Waals surface area contributed by atoms with E-state index in [2.05, 4.69) is 25.6 Å². The van der Waals surface area contributed by atoms with Gasteiger partial charge in [-0.3, -0.25) is 4.79 Å². The number of carbonyl (C=O) groups excluding carboxylic acids is 1. The molecule has 0 aliphatic heterocycles. The Kier molecular flexibility index (Phi) is 12.9. The number of nitroso groups, excluding NO2 is 1. The lowest BCUT2D eigenvalue weighted by Gasteiger charge is -2.28. The molecule has 0 spiro atoms. The second-order valence-electron chi connectivity index (χ2n) is 6.71. The Hall–Kier alpha value is -2.79. The Morgan fingerprint density at radius 3 is 2.31 bits per heavy atom. The number of aliphatic hydroxyl groups is 1. The van der Waals surface area contributed by atoms with Gasteiger partial charge < -0.3 is 10.0 Å². The molecule has 1 unspecified atom stereocenters. The van der Waals surface area contributed by atoms with E-state index < -0.39 is 6.23 Å². The van der Waals surface area contributed by atoms with E-state index in [0.29, 0.717) is 17.8 Å². The van der Waals surface area contributed by atoms with Gasteiger partial charge in [0.2, 0.25) is 0 Å². The van der Waals surface area contributed by atoms with Gasteiger partial charge >= 0.3 is 0 Å². The first kappa shape index (κ1) is 26.2. The van der Waals surface area contributed by atoms with Crippen molar-refractivity contribution in [2.75, 3.05) is 11.4 Å². The summed E-state index contributed by atoms with van der Waals surface area (Å²) in [6.07, 6.45) is 10.1. The molecule has 0 aliphatic carbocycles. The van der Waals surface area contributed by atoms with Gasteiger partial charge in [0.05, 0.1) is 0 Å². The molecule has 1 N–H and O–H groups in total. The van der Waals surface area contributed by atoms with Crippen molar-refractivity contribution >= 4 is 17.2 Å². The zero-order valence-electron chi connectivity index (χ0n) is 18.5. The number of hydrogen-bond donors (Lipinski definition) is 1. The lowest BCUT2D eigenvalue weighted by molar-refractivity contribution is 0.101.